The van der Waals surface area contributed by atoms with Crippen LogP contribution in [0.1, 0.15) is 44.4 Å². The van der Waals surface area contributed by atoms with Gasteiger partial charge in [0.05, 0.1) is 36.6 Å². The smallest absolute Gasteiger partial charge is 0.309 e. The first-order valence-electron chi connectivity index (χ1n) is 10.8. The second-order valence-electron chi connectivity index (χ2n) is 10.2. The topological polar surface area (TPSA) is 90.1 Å². The summed E-state index contributed by atoms with van der Waals surface area (Å²) in [6.45, 7) is 11.0. The number of para-hydroxylation sites is 1. The molecule has 4 rings (SSSR count). The molecule has 2 aliphatic rings. The fourth-order valence-corrected chi connectivity index (χ4v) is 8.21. The molecule has 10 heteroatoms. The van der Waals surface area contributed by atoms with Crippen LogP contribution in [0.5, 0.6) is 0 Å². The fourth-order valence-electron chi connectivity index (χ4n) is 4.81. The minimum Gasteiger partial charge on any atom is -0.309 e. The van der Waals surface area contributed by atoms with Gasteiger partial charge in [-0.1, -0.05) is 43.7 Å². The van der Waals surface area contributed by atoms with Crippen molar-refractivity contribution in [3.8, 4) is 0 Å². The number of aromatic amines is 1. The molecule has 0 unspecified atom stereocenters. The number of halogens is 2. The van der Waals surface area contributed by atoms with Crippen molar-refractivity contribution < 1.29 is 9.59 Å². The number of hydrogen-bond acceptors (Lipinski definition) is 3. The Hall–Kier alpha value is -1.84. The standard InChI is InChI=1S/C22H29BrClN5O2Si/c1-21(2)17-13(12-29(21)20(31)25-16-14(23)8-6-9-15(16)24)18(28-27-17)26-19(30)22(10-7-11-22)32(3,4)5/h6,8-9H,7,10-12H2,1-5H3,(H,25,31)(H2,26,27,28,30). The molecule has 1 aliphatic carbocycles. The molecule has 2 heterocycles. The van der Waals surface area contributed by atoms with E-state index in [0.717, 1.165) is 30.5 Å². The lowest BCUT2D eigenvalue weighted by Gasteiger charge is -2.48. The van der Waals surface area contributed by atoms with Crippen molar-refractivity contribution in [3.63, 3.8) is 0 Å². The Morgan fingerprint density at radius 1 is 1.22 bits per heavy atom. The Bertz CT molecular complexity index is 1070. The third-order valence-electron chi connectivity index (χ3n) is 7.22. The maximum absolute atomic E-state index is 13.3. The van der Waals surface area contributed by atoms with Crippen molar-refractivity contribution in [2.75, 3.05) is 10.6 Å². The summed E-state index contributed by atoms with van der Waals surface area (Å²) in [6, 6.07) is 5.09. The summed E-state index contributed by atoms with van der Waals surface area (Å²) in [5, 5.41) is 13.7. The molecule has 7 nitrogen and oxygen atoms in total. The predicted octanol–water partition coefficient (Wildman–Crippen LogP) is 6.31. The van der Waals surface area contributed by atoms with E-state index < -0.39 is 13.6 Å². The van der Waals surface area contributed by atoms with Crippen LogP contribution in [0.3, 0.4) is 0 Å². The molecule has 0 spiro atoms. The molecule has 1 aromatic carbocycles. The zero-order chi connectivity index (χ0) is 23.5. The molecular weight excluding hydrogens is 510 g/mol. The zero-order valence-electron chi connectivity index (χ0n) is 19.0. The monoisotopic (exact) mass is 537 g/mol. The van der Waals surface area contributed by atoms with Crippen LogP contribution in [-0.4, -0.2) is 35.1 Å². The zero-order valence-corrected chi connectivity index (χ0v) is 22.4. The quantitative estimate of drug-likeness (QED) is 0.398. The summed E-state index contributed by atoms with van der Waals surface area (Å²) in [7, 11) is -1.70. The molecule has 1 aliphatic heterocycles. The molecule has 3 N–H and O–H groups in total. The Kier molecular flexibility index (Phi) is 5.74. The molecule has 2 aromatic rings. The number of nitrogens with one attached hydrogen (secondary N) is 3. The number of anilines is 2. The number of amides is 3. The first-order valence-corrected chi connectivity index (χ1v) is 15.5. The van der Waals surface area contributed by atoms with Gasteiger partial charge in [-0.2, -0.15) is 5.10 Å². The number of fused-ring (bicyclic) bond motifs is 1. The summed E-state index contributed by atoms with van der Waals surface area (Å²) in [4.78, 5) is 28.2. The maximum Gasteiger partial charge on any atom is 0.322 e. The SMILES string of the molecule is CC1(C)c2[nH]nc(NC(=O)C3([Si](C)(C)C)CCC3)c2CN1C(=O)Nc1c(Cl)cccc1Br. The summed E-state index contributed by atoms with van der Waals surface area (Å²) in [6.07, 6.45) is 2.97. The van der Waals surface area contributed by atoms with E-state index in [4.69, 9.17) is 11.6 Å². The van der Waals surface area contributed by atoms with Crippen LogP contribution in [0.25, 0.3) is 0 Å². The molecule has 0 bridgehead atoms. The number of H-pyrrole nitrogens is 1. The van der Waals surface area contributed by atoms with Gasteiger partial charge < -0.3 is 15.5 Å². The Morgan fingerprint density at radius 3 is 2.47 bits per heavy atom. The van der Waals surface area contributed by atoms with Crippen molar-refractivity contribution in [2.45, 2.75) is 69.9 Å². The van der Waals surface area contributed by atoms with Crippen molar-refractivity contribution in [3.05, 3.63) is 39.0 Å². The van der Waals surface area contributed by atoms with Gasteiger partial charge in [0.25, 0.3) is 0 Å². The molecular formula is C22H29BrClN5O2Si. The van der Waals surface area contributed by atoms with Gasteiger partial charge in [0.15, 0.2) is 5.82 Å². The Balaban J connectivity index is 1.56. The van der Waals surface area contributed by atoms with E-state index >= 15 is 0 Å². The number of benzene rings is 1. The number of hydrogen-bond donors (Lipinski definition) is 3. The number of rotatable bonds is 4. The van der Waals surface area contributed by atoms with E-state index in [0.29, 0.717) is 27.5 Å². The summed E-state index contributed by atoms with van der Waals surface area (Å²) in [5.74, 6) is 0.592. The molecule has 1 saturated carbocycles. The summed E-state index contributed by atoms with van der Waals surface area (Å²) < 4.78 is 0.709. The fraction of sp³-hybridized carbons (Fsp3) is 0.500. The van der Waals surface area contributed by atoms with Crippen LogP contribution in [-0.2, 0) is 16.9 Å². The molecule has 1 fully saturated rings. The van der Waals surface area contributed by atoms with Gasteiger partial charge in [-0.05, 0) is 54.8 Å². The highest BCUT2D eigenvalue weighted by molar-refractivity contribution is 9.10. The Morgan fingerprint density at radius 2 is 1.91 bits per heavy atom. The van der Waals surface area contributed by atoms with Crippen molar-refractivity contribution in [2.24, 2.45) is 0 Å². The highest BCUT2D eigenvalue weighted by Crippen LogP contribution is 2.56. The summed E-state index contributed by atoms with van der Waals surface area (Å²) >= 11 is 9.72. The third kappa shape index (κ3) is 3.58. The van der Waals surface area contributed by atoms with E-state index in [1.54, 1.807) is 11.0 Å². The molecule has 172 valence electrons. The first kappa shape index (κ1) is 23.3. The maximum atomic E-state index is 13.3. The lowest BCUT2D eigenvalue weighted by Crippen LogP contribution is -2.52. The average Bonchev–Trinajstić information content (AvgIpc) is 3.14. The molecule has 0 saturated heterocycles. The molecule has 32 heavy (non-hydrogen) atoms. The van der Waals surface area contributed by atoms with Gasteiger partial charge in [-0.25, -0.2) is 4.79 Å². The molecule has 0 radical (unpaired) electrons. The second-order valence-corrected chi connectivity index (χ2v) is 17.0. The number of carbonyl (C=O) groups excluding carboxylic acids is 2. The lowest BCUT2D eigenvalue weighted by molar-refractivity contribution is -0.121. The predicted molar refractivity (Wildman–Crippen MR) is 134 cm³/mol. The van der Waals surface area contributed by atoms with Gasteiger partial charge in [-0.15, -0.1) is 0 Å². The van der Waals surface area contributed by atoms with Gasteiger partial charge in [-0.3, -0.25) is 9.89 Å². The first-order chi connectivity index (χ1) is 14.9. The molecule has 3 amide bonds. The van der Waals surface area contributed by atoms with Crippen LogP contribution < -0.4 is 10.6 Å². The van der Waals surface area contributed by atoms with Crippen LogP contribution >= 0.6 is 27.5 Å². The number of nitrogens with zero attached hydrogens (tertiary/aromatic N) is 2. The van der Waals surface area contributed by atoms with Gasteiger partial charge in [0.2, 0.25) is 5.91 Å². The van der Waals surface area contributed by atoms with Gasteiger partial charge in [0, 0.05) is 15.1 Å². The number of carbonyl (C=O) groups is 2. The molecule has 0 atom stereocenters. The van der Waals surface area contributed by atoms with E-state index in [1.165, 1.54) is 0 Å². The second kappa shape index (κ2) is 7.88. The number of urea groups is 1. The van der Waals surface area contributed by atoms with E-state index in [-0.39, 0.29) is 17.0 Å². The van der Waals surface area contributed by atoms with Crippen molar-refractivity contribution in [1.29, 1.82) is 0 Å². The highest BCUT2D eigenvalue weighted by atomic mass is 79.9. The minimum absolute atomic E-state index is 0.0675. The van der Waals surface area contributed by atoms with Crippen molar-refractivity contribution >= 4 is 59.0 Å². The Labute approximate surface area is 202 Å². The van der Waals surface area contributed by atoms with E-state index in [1.807, 2.05) is 26.0 Å². The molecule has 1 aromatic heterocycles. The summed E-state index contributed by atoms with van der Waals surface area (Å²) in [5.41, 5.74) is 1.58. The average molecular weight is 539 g/mol. The van der Waals surface area contributed by atoms with Crippen LogP contribution in [0.15, 0.2) is 22.7 Å². The third-order valence-corrected chi connectivity index (χ3v) is 11.8. The lowest BCUT2D eigenvalue weighted by atomic mass is 9.83. The van der Waals surface area contributed by atoms with Crippen LogP contribution in [0, 0.1) is 0 Å². The largest absolute Gasteiger partial charge is 0.322 e. The van der Waals surface area contributed by atoms with Gasteiger partial charge in [0.1, 0.15) is 0 Å². The van der Waals surface area contributed by atoms with Crippen LogP contribution in [0.4, 0.5) is 16.3 Å². The highest BCUT2D eigenvalue weighted by Gasteiger charge is 2.54. The van der Waals surface area contributed by atoms with Gasteiger partial charge >= 0.3 is 6.03 Å². The number of aromatic nitrogens is 2. The van der Waals surface area contributed by atoms with E-state index in [2.05, 4.69) is 56.4 Å². The van der Waals surface area contributed by atoms with Crippen molar-refractivity contribution in [1.82, 2.24) is 15.1 Å². The minimum atomic E-state index is -1.70. The van der Waals surface area contributed by atoms with Crippen LogP contribution in [0.2, 0.25) is 29.7 Å². The normalized spacial score (nSPS) is 18.7. The van der Waals surface area contributed by atoms with E-state index in [9.17, 15) is 9.59 Å².